The summed E-state index contributed by atoms with van der Waals surface area (Å²) in [6.07, 6.45) is 0.354. The van der Waals surface area contributed by atoms with Gasteiger partial charge in [0, 0.05) is 25.1 Å². The van der Waals surface area contributed by atoms with Crippen LogP contribution in [0.1, 0.15) is 11.1 Å². The van der Waals surface area contributed by atoms with Crippen LogP contribution in [-0.4, -0.2) is 41.5 Å². The number of ether oxygens (including phenoxy) is 2. The molecule has 0 N–H and O–H groups in total. The molecule has 146 valence electrons. The fourth-order valence-corrected chi connectivity index (χ4v) is 3.30. The number of non-ortho nitro benzene ring substituents is 1. The highest BCUT2D eigenvalue weighted by atomic mass is 35.5. The highest BCUT2D eigenvalue weighted by molar-refractivity contribution is 6.32. The summed E-state index contributed by atoms with van der Waals surface area (Å²) in [6.45, 7) is -0.112. The molecule has 3 rings (SSSR count). The second-order valence-electron chi connectivity index (χ2n) is 6.19. The van der Waals surface area contributed by atoms with Crippen LogP contribution in [-0.2, 0) is 27.3 Å². The van der Waals surface area contributed by atoms with Gasteiger partial charge in [-0.3, -0.25) is 14.9 Å². The smallest absolute Gasteiger partial charge is 0.328 e. The molecule has 0 aliphatic carbocycles. The van der Waals surface area contributed by atoms with Crippen molar-refractivity contribution in [3.05, 3.63) is 68.7 Å². The third kappa shape index (κ3) is 4.07. The van der Waals surface area contributed by atoms with Crippen molar-refractivity contribution in [2.24, 2.45) is 0 Å². The Morgan fingerprint density at radius 3 is 2.61 bits per heavy atom. The van der Waals surface area contributed by atoms with Crippen LogP contribution in [0, 0.1) is 10.1 Å². The van der Waals surface area contributed by atoms with Crippen molar-refractivity contribution >= 4 is 29.2 Å². The van der Waals surface area contributed by atoms with E-state index in [4.69, 9.17) is 21.1 Å². The lowest BCUT2D eigenvalue weighted by molar-refractivity contribution is -0.384. The molecule has 1 heterocycles. The summed E-state index contributed by atoms with van der Waals surface area (Å²) in [6, 6.07) is 10.5. The van der Waals surface area contributed by atoms with Gasteiger partial charge in [0.2, 0.25) is 0 Å². The van der Waals surface area contributed by atoms with E-state index in [9.17, 15) is 19.7 Å². The van der Waals surface area contributed by atoms with E-state index in [1.165, 1.54) is 24.1 Å². The predicted molar refractivity (Wildman–Crippen MR) is 100 cm³/mol. The predicted octanol–water partition coefficient (Wildman–Crippen LogP) is 2.75. The maximum absolute atomic E-state index is 12.7. The number of fused-ring (bicyclic) bond motifs is 1. The molecule has 1 atom stereocenters. The van der Waals surface area contributed by atoms with Crippen molar-refractivity contribution in [1.82, 2.24) is 4.90 Å². The van der Waals surface area contributed by atoms with Gasteiger partial charge in [0.25, 0.3) is 11.6 Å². The second kappa shape index (κ2) is 8.26. The van der Waals surface area contributed by atoms with Crippen LogP contribution in [0.25, 0.3) is 0 Å². The molecule has 0 saturated carbocycles. The Balaban J connectivity index is 1.75. The number of benzene rings is 2. The van der Waals surface area contributed by atoms with Gasteiger partial charge in [-0.2, -0.15) is 0 Å². The number of nitro benzene ring substituents is 1. The molecule has 1 aliphatic heterocycles. The highest BCUT2D eigenvalue weighted by Gasteiger charge is 2.35. The van der Waals surface area contributed by atoms with Crippen molar-refractivity contribution in [3.8, 4) is 5.75 Å². The number of nitro groups is 1. The van der Waals surface area contributed by atoms with Gasteiger partial charge in [0.05, 0.1) is 17.1 Å². The number of nitrogens with zero attached hydrogens (tertiary/aromatic N) is 2. The first-order valence-electron chi connectivity index (χ1n) is 8.41. The van der Waals surface area contributed by atoms with Crippen molar-refractivity contribution in [2.45, 2.75) is 19.0 Å². The molecule has 0 saturated heterocycles. The number of esters is 1. The van der Waals surface area contributed by atoms with Gasteiger partial charge in [-0.05, 0) is 17.2 Å². The van der Waals surface area contributed by atoms with E-state index in [1.54, 1.807) is 0 Å². The van der Waals surface area contributed by atoms with E-state index in [0.29, 0.717) is 6.42 Å². The first-order valence-corrected chi connectivity index (χ1v) is 8.79. The zero-order valence-electron chi connectivity index (χ0n) is 15.0. The first-order chi connectivity index (χ1) is 13.4. The quantitative estimate of drug-likeness (QED) is 0.431. The third-order valence-corrected chi connectivity index (χ3v) is 4.81. The van der Waals surface area contributed by atoms with Gasteiger partial charge in [-0.15, -0.1) is 0 Å². The number of hydrogen-bond acceptors (Lipinski definition) is 6. The van der Waals surface area contributed by atoms with Crippen molar-refractivity contribution in [2.75, 3.05) is 13.7 Å². The molecule has 2 aromatic carbocycles. The van der Waals surface area contributed by atoms with Crippen molar-refractivity contribution in [1.29, 1.82) is 0 Å². The Labute approximate surface area is 165 Å². The number of amides is 1. The zero-order chi connectivity index (χ0) is 20.3. The number of carbonyl (C=O) groups excluding carboxylic acids is 2. The summed E-state index contributed by atoms with van der Waals surface area (Å²) < 4.78 is 10.3. The molecule has 2 aromatic rings. The first kappa shape index (κ1) is 19.6. The molecule has 9 heteroatoms. The summed E-state index contributed by atoms with van der Waals surface area (Å²) >= 11 is 5.98. The molecule has 0 bridgehead atoms. The lowest BCUT2D eigenvalue weighted by atomic mass is 9.94. The van der Waals surface area contributed by atoms with E-state index in [-0.39, 0.29) is 29.6 Å². The minimum absolute atomic E-state index is 0.0236. The van der Waals surface area contributed by atoms with Crippen molar-refractivity contribution < 1.29 is 24.0 Å². The molecule has 0 unspecified atom stereocenters. The molecule has 0 fully saturated rings. The molecular formula is C19H17ClN2O6. The summed E-state index contributed by atoms with van der Waals surface area (Å²) in [4.78, 5) is 36.5. The molecule has 0 spiro atoms. The summed E-state index contributed by atoms with van der Waals surface area (Å²) in [5.41, 5.74) is 1.76. The summed E-state index contributed by atoms with van der Waals surface area (Å²) in [5, 5.41) is 10.8. The number of rotatable bonds is 5. The number of carbonyl (C=O) groups is 2. The number of methoxy groups -OCH3 is 1. The van der Waals surface area contributed by atoms with Crippen LogP contribution in [0.15, 0.2) is 42.5 Å². The molecule has 8 nitrogen and oxygen atoms in total. The Bertz CT molecular complexity index is 932. The van der Waals surface area contributed by atoms with Crippen LogP contribution < -0.4 is 4.74 Å². The lowest BCUT2D eigenvalue weighted by Crippen LogP contribution is -2.50. The van der Waals surface area contributed by atoms with Crippen LogP contribution in [0.3, 0.4) is 0 Å². The lowest BCUT2D eigenvalue weighted by Gasteiger charge is -2.35. The topological polar surface area (TPSA) is 99.0 Å². The van der Waals surface area contributed by atoms with Gasteiger partial charge in [0.15, 0.2) is 6.61 Å². The molecule has 1 aliphatic rings. The van der Waals surface area contributed by atoms with Gasteiger partial charge < -0.3 is 14.4 Å². The Hall–Kier alpha value is -3.13. The average Bonchev–Trinajstić information content (AvgIpc) is 2.70. The number of hydrogen-bond donors (Lipinski definition) is 0. The monoisotopic (exact) mass is 404 g/mol. The van der Waals surface area contributed by atoms with Crippen molar-refractivity contribution in [3.63, 3.8) is 0 Å². The fourth-order valence-electron chi connectivity index (χ4n) is 3.07. The zero-order valence-corrected chi connectivity index (χ0v) is 15.7. The second-order valence-corrected chi connectivity index (χ2v) is 6.60. The Kier molecular flexibility index (Phi) is 5.79. The molecular weight excluding hydrogens is 388 g/mol. The Morgan fingerprint density at radius 1 is 1.25 bits per heavy atom. The van der Waals surface area contributed by atoms with Gasteiger partial charge in [-0.1, -0.05) is 35.9 Å². The highest BCUT2D eigenvalue weighted by Crippen LogP contribution is 2.29. The van der Waals surface area contributed by atoms with Crippen LogP contribution >= 0.6 is 11.6 Å². The van der Waals surface area contributed by atoms with E-state index in [1.807, 2.05) is 24.3 Å². The number of halogens is 1. The van der Waals surface area contributed by atoms with Gasteiger partial charge in [-0.25, -0.2) is 4.79 Å². The van der Waals surface area contributed by atoms with Gasteiger partial charge >= 0.3 is 5.97 Å². The molecule has 0 radical (unpaired) electrons. The summed E-state index contributed by atoms with van der Waals surface area (Å²) in [5.74, 6) is -0.775. The van der Waals surface area contributed by atoms with Crippen LogP contribution in [0.2, 0.25) is 5.02 Å². The van der Waals surface area contributed by atoms with Gasteiger partial charge in [0.1, 0.15) is 11.8 Å². The SMILES string of the molecule is COC(=O)[C@@H]1Cc2ccccc2CN1C(=O)COc1ccc([N+](=O)[O-])cc1Cl. The Morgan fingerprint density at radius 2 is 1.96 bits per heavy atom. The molecule has 1 amide bonds. The minimum Gasteiger partial charge on any atom is -0.482 e. The third-order valence-electron chi connectivity index (χ3n) is 4.52. The van der Waals surface area contributed by atoms with E-state index in [0.717, 1.165) is 17.2 Å². The fraction of sp³-hybridized carbons (Fsp3) is 0.263. The summed E-state index contributed by atoms with van der Waals surface area (Å²) in [7, 11) is 1.28. The normalized spacial score (nSPS) is 15.5. The van der Waals surface area contributed by atoms with Crippen LogP contribution in [0.4, 0.5) is 5.69 Å². The van der Waals surface area contributed by atoms with Crippen LogP contribution in [0.5, 0.6) is 5.75 Å². The minimum atomic E-state index is -0.747. The largest absolute Gasteiger partial charge is 0.482 e. The maximum atomic E-state index is 12.7. The molecule has 28 heavy (non-hydrogen) atoms. The average molecular weight is 405 g/mol. The molecule has 0 aromatic heterocycles. The van der Waals surface area contributed by atoms with E-state index >= 15 is 0 Å². The van der Waals surface area contributed by atoms with E-state index < -0.39 is 22.8 Å². The standard InChI is InChI=1S/C19H17ClN2O6/c1-27-19(24)16-8-12-4-2-3-5-13(12)10-21(16)18(23)11-28-17-7-6-14(22(25)26)9-15(17)20/h2-7,9,16H,8,10-11H2,1H3/t16-/m0/s1. The van der Waals surface area contributed by atoms with E-state index in [2.05, 4.69) is 0 Å². The maximum Gasteiger partial charge on any atom is 0.328 e.